The molecule has 0 atom stereocenters. The highest BCUT2D eigenvalue weighted by atomic mass is 32.2. The molecule has 0 radical (unpaired) electrons. The number of nitrogens with one attached hydrogen (secondary N) is 1. The molecule has 0 saturated carbocycles. The molecular weight excluding hydrogens is 296 g/mol. The predicted molar refractivity (Wildman–Crippen MR) is 78.0 cm³/mol. The number of amides is 2. The minimum atomic E-state index is -1.05. The van der Waals surface area contributed by atoms with E-state index in [4.69, 9.17) is 9.84 Å². The molecule has 0 aliphatic carbocycles. The zero-order chi connectivity index (χ0) is 15.2. The zero-order valence-corrected chi connectivity index (χ0v) is 12.1. The van der Waals surface area contributed by atoms with Gasteiger partial charge in [-0.1, -0.05) is 0 Å². The largest absolute Gasteiger partial charge is 0.482 e. The molecule has 1 heterocycles. The van der Waals surface area contributed by atoms with Crippen LogP contribution in [0.5, 0.6) is 5.75 Å². The molecule has 2 rings (SSSR count). The Morgan fingerprint density at radius 3 is 2.43 bits per heavy atom. The van der Waals surface area contributed by atoms with Crippen molar-refractivity contribution >= 4 is 28.5 Å². The Hall–Kier alpha value is -2.09. The molecule has 0 unspecified atom stereocenters. The first kappa shape index (κ1) is 15.3. The van der Waals surface area contributed by atoms with Gasteiger partial charge in [0, 0.05) is 41.1 Å². The van der Waals surface area contributed by atoms with Gasteiger partial charge in [-0.05, 0) is 24.3 Å². The molecule has 0 spiro atoms. The van der Waals surface area contributed by atoms with Crippen molar-refractivity contribution in [1.82, 2.24) is 4.90 Å². The summed E-state index contributed by atoms with van der Waals surface area (Å²) in [6.45, 7) is 0.563. The molecular formula is C13H16N2O5S. The van der Waals surface area contributed by atoms with Crippen molar-refractivity contribution in [2.45, 2.75) is 0 Å². The lowest BCUT2D eigenvalue weighted by atomic mass is 10.3. The van der Waals surface area contributed by atoms with E-state index in [2.05, 4.69) is 5.32 Å². The van der Waals surface area contributed by atoms with Crippen molar-refractivity contribution in [2.75, 3.05) is 36.5 Å². The Balaban J connectivity index is 1.86. The fraction of sp³-hybridized carbons (Fsp3) is 0.385. The molecule has 0 aromatic heterocycles. The van der Waals surface area contributed by atoms with Crippen molar-refractivity contribution in [3.05, 3.63) is 24.3 Å². The summed E-state index contributed by atoms with van der Waals surface area (Å²) < 4.78 is 16.2. The van der Waals surface area contributed by atoms with E-state index in [0.29, 0.717) is 36.0 Å². The van der Waals surface area contributed by atoms with Crippen molar-refractivity contribution in [3.8, 4) is 5.75 Å². The number of ether oxygens (including phenoxy) is 1. The predicted octanol–water partition coefficient (Wildman–Crippen LogP) is 0.746. The number of carboxylic acid groups (broad SMARTS) is 1. The second-order valence-corrected chi connectivity index (χ2v) is 6.17. The number of hydrogen-bond donors (Lipinski definition) is 2. The number of rotatable bonds is 4. The van der Waals surface area contributed by atoms with E-state index in [1.54, 1.807) is 29.2 Å². The molecule has 7 nitrogen and oxygen atoms in total. The average Bonchev–Trinajstić information content (AvgIpc) is 2.47. The van der Waals surface area contributed by atoms with E-state index in [9.17, 15) is 13.8 Å². The average molecular weight is 312 g/mol. The topological polar surface area (TPSA) is 95.9 Å². The van der Waals surface area contributed by atoms with E-state index < -0.39 is 23.4 Å². The van der Waals surface area contributed by atoms with Crippen molar-refractivity contribution in [2.24, 2.45) is 0 Å². The van der Waals surface area contributed by atoms with E-state index in [1.807, 2.05) is 0 Å². The number of hydrogen-bond acceptors (Lipinski definition) is 4. The molecule has 1 aliphatic heterocycles. The maximum Gasteiger partial charge on any atom is 0.341 e. The quantitative estimate of drug-likeness (QED) is 0.855. The molecule has 2 amide bonds. The molecule has 21 heavy (non-hydrogen) atoms. The number of carbonyl (C=O) groups excluding carboxylic acids is 1. The lowest BCUT2D eigenvalue weighted by molar-refractivity contribution is -0.139. The van der Waals surface area contributed by atoms with Crippen LogP contribution in [0.3, 0.4) is 0 Å². The first-order chi connectivity index (χ1) is 10.0. The lowest BCUT2D eigenvalue weighted by Crippen LogP contribution is -2.43. The smallest absolute Gasteiger partial charge is 0.341 e. The van der Waals surface area contributed by atoms with Crippen LogP contribution >= 0.6 is 0 Å². The maximum atomic E-state index is 12.0. The number of carbonyl (C=O) groups is 2. The van der Waals surface area contributed by atoms with Gasteiger partial charge in [-0.3, -0.25) is 4.21 Å². The highest BCUT2D eigenvalue weighted by Gasteiger charge is 2.19. The number of aliphatic carboxylic acids is 1. The fourth-order valence-corrected chi connectivity index (χ4v) is 2.88. The summed E-state index contributed by atoms with van der Waals surface area (Å²) in [6.07, 6.45) is 0. The van der Waals surface area contributed by atoms with E-state index in [0.717, 1.165) is 0 Å². The van der Waals surface area contributed by atoms with Gasteiger partial charge in [0.25, 0.3) is 0 Å². The van der Waals surface area contributed by atoms with Crippen LogP contribution in [-0.4, -0.2) is 57.4 Å². The van der Waals surface area contributed by atoms with Crippen LogP contribution in [0.2, 0.25) is 0 Å². The van der Waals surface area contributed by atoms with Crippen LogP contribution in [0.15, 0.2) is 24.3 Å². The minimum absolute atomic E-state index is 0.231. The van der Waals surface area contributed by atoms with Gasteiger partial charge in [0.15, 0.2) is 6.61 Å². The standard InChI is InChI=1S/C13H16N2O5S/c16-12(17)9-20-11-3-1-10(2-4-11)14-13(18)15-5-7-21(19)8-6-15/h1-4H,5-9H2,(H,14,18)(H,16,17). The first-order valence-corrected chi connectivity index (χ1v) is 7.89. The van der Waals surface area contributed by atoms with Gasteiger partial charge in [-0.15, -0.1) is 0 Å². The van der Waals surface area contributed by atoms with Crippen LogP contribution < -0.4 is 10.1 Å². The van der Waals surface area contributed by atoms with Gasteiger partial charge < -0.3 is 20.1 Å². The van der Waals surface area contributed by atoms with Gasteiger partial charge in [-0.2, -0.15) is 0 Å². The van der Waals surface area contributed by atoms with E-state index >= 15 is 0 Å². The Morgan fingerprint density at radius 1 is 1.24 bits per heavy atom. The van der Waals surface area contributed by atoms with Crippen LogP contribution in [0.4, 0.5) is 10.5 Å². The van der Waals surface area contributed by atoms with E-state index in [1.165, 1.54) is 0 Å². The number of carboxylic acids is 1. The summed E-state index contributed by atoms with van der Waals surface area (Å²) in [6, 6.07) is 6.22. The molecule has 0 bridgehead atoms. The third-order valence-corrected chi connectivity index (χ3v) is 4.21. The molecule has 8 heteroatoms. The summed E-state index contributed by atoms with van der Waals surface area (Å²) in [4.78, 5) is 24.0. The van der Waals surface area contributed by atoms with Gasteiger partial charge >= 0.3 is 12.0 Å². The Bertz CT molecular complexity index is 536. The van der Waals surface area contributed by atoms with Gasteiger partial charge in [0.2, 0.25) is 0 Å². The van der Waals surface area contributed by atoms with Crippen LogP contribution in [-0.2, 0) is 15.6 Å². The van der Waals surface area contributed by atoms with Gasteiger partial charge in [0.1, 0.15) is 5.75 Å². The summed E-state index contributed by atoms with van der Waals surface area (Å²) in [5.74, 6) is 0.392. The summed E-state index contributed by atoms with van der Waals surface area (Å²) in [5.41, 5.74) is 0.592. The first-order valence-electron chi connectivity index (χ1n) is 6.40. The molecule has 114 valence electrons. The molecule has 1 aromatic carbocycles. The zero-order valence-electron chi connectivity index (χ0n) is 11.3. The number of benzene rings is 1. The lowest BCUT2D eigenvalue weighted by Gasteiger charge is -2.26. The van der Waals surface area contributed by atoms with Crippen LogP contribution in [0, 0.1) is 0 Å². The van der Waals surface area contributed by atoms with Gasteiger partial charge in [-0.25, -0.2) is 9.59 Å². The van der Waals surface area contributed by atoms with E-state index in [-0.39, 0.29) is 6.03 Å². The Kier molecular flexibility index (Phi) is 5.15. The van der Waals surface area contributed by atoms with Gasteiger partial charge in [0.05, 0.1) is 0 Å². The second kappa shape index (κ2) is 7.07. The fourth-order valence-electron chi connectivity index (χ4n) is 1.82. The minimum Gasteiger partial charge on any atom is -0.482 e. The molecule has 1 aromatic rings. The Labute approximate surface area is 124 Å². The summed E-state index contributed by atoms with van der Waals surface area (Å²) in [7, 11) is -0.819. The normalized spacial score (nSPS) is 15.5. The monoisotopic (exact) mass is 312 g/mol. The number of anilines is 1. The van der Waals surface area contributed by atoms with Crippen LogP contribution in [0.1, 0.15) is 0 Å². The maximum absolute atomic E-state index is 12.0. The molecule has 1 aliphatic rings. The van der Waals surface area contributed by atoms with Crippen LogP contribution in [0.25, 0.3) is 0 Å². The highest BCUT2D eigenvalue weighted by Crippen LogP contribution is 2.16. The van der Waals surface area contributed by atoms with Crippen molar-refractivity contribution in [3.63, 3.8) is 0 Å². The molecule has 2 N–H and O–H groups in total. The molecule has 1 fully saturated rings. The third-order valence-electron chi connectivity index (χ3n) is 2.93. The highest BCUT2D eigenvalue weighted by molar-refractivity contribution is 7.85. The van der Waals surface area contributed by atoms with Crippen molar-refractivity contribution in [1.29, 1.82) is 0 Å². The number of nitrogens with zero attached hydrogens (tertiary/aromatic N) is 1. The Morgan fingerprint density at radius 2 is 1.86 bits per heavy atom. The summed E-state index contributed by atoms with van der Waals surface area (Å²) in [5, 5.41) is 11.2. The second-order valence-electron chi connectivity index (χ2n) is 4.47. The number of urea groups is 1. The SMILES string of the molecule is O=C(O)COc1ccc(NC(=O)N2CCS(=O)CC2)cc1. The van der Waals surface area contributed by atoms with Crippen molar-refractivity contribution < 1.29 is 23.6 Å². The molecule has 1 saturated heterocycles. The third kappa shape index (κ3) is 4.75. The summed E-state index contributed by atoms with van der Waals surface area (Å²) >= 11 is 0.